The molecule has 1 aromatic heterocycles. The third-order valence-corrected chi connectivity index (χ3v) is 2.97. The summed E-state index contributed by atoms with van der Waals surface area (Å²) in [5.74, 6) is -1.81. The van der Waals surface area contributed by atoms with Crippen molar-refractivity contribution >= 4 is 5.97 Å². The van der Waals surface area contributed by atoms with Gasteiger partial charge < -0.3 is 10.2 Å². The van der Waals surface area contributed by atoms with Gasteiger partial charge in [-0.25, -0.2) is 9.48 Å². The van der Waals surface area contributed by atoms with Gasteiger partial charge in [0.15, 0.2) is 5.69 Å². The van der Waals surface area contributed by atoms with Crippen LogP contribution in [0.15, 0.2) is 0 Å². The number of alkyl halides is 3. The molecule has 0 saturated heterocycles. The molecule has 19 heavy (non-hydrogen) atoms. The zero-order valence-electron chi connectivity index (χ0n) is 10.4. The summed E-state index contributed by atoms with van der Waals surface area (Å²) in [5.41, 5.74) is -4.01. The molecule has 1 aromatic rings. The van der Waals surface area contributed by atoms with Gasteiger partial charge in [0.1, 0.15) is 0 Å². The summed E-state index contributed by atoms with van der Waals surface area (Å²) in [5, 5.41) is 24.9. The van der Waals surface area contributed by atoms with Crippen molar-refractivity contribution in [1.82, 2.24) is 15.0 Å². The third kappa shape index (κ3) is 3.22. The first-order valence-corrected chi connectivity index (χ1v) is 5.61. The van der Waals surface area contributed by atoms with Gasteiger partial charge in [0.2, 0.25) is 5.69 Å². The number of hydrogen-bond donors (Lipinski definition) is 2. The van der Waals surface area contributed by atoms with Gasteiger partial charge in [-0.05, 0) is 12.8 Å². The Morgan fingerprint density at radius 2 is 1.84 bits per heavy atom. The topological polar surface area (TPSA) is 88.2 Å². The van der Waals surface area contributed by atoms with E-state index in [0.717, 1.165) is 0 Å². The molecule has 0 radical (unpaired) electrons. The highest BCUT2D eigenvalue weighted by Crippen LogP contribution is 2.32. The molecule has 0 fully saturated rings. The minimum absolute atomic E-state index is 0.211. The van der Waals surface area contributed by atoms with Crippen molar-refractivity contribution < 1.29 is 28.2 Å². The molecule has 0 amide bonds. The van der Waals surface area contributed by atoms with Crippen LogP contribution >= 0.6 is 0 Å². The third-order valence-electron chi connectivity index (χ3n) is 2.97. The minimum atomic E-state index is -4.90. The van der Waals surface area contributed by atoms with Crippen molar-refractivity contribution in [2.45, 2.75) is 45.0 Å². The average Bonchev–Trinajstić information content (AvgIpc) is 2.72. The SMILES string of the molecule is CCC(O)(CC)Cn1nnc(C(=O)O)c1C(F)(F)F. The summed E-state index contributed by atoms with van der Waals surface area (Å²) in [6.07, 6.45) is -4.48. The van der Waals surface area contributed by atoms with Gasteiger partial charge in [0.05, 0.1) is 12.1 Å². The lowest BCUT2D eigenvalue weighted by Gasteiger charge is -2.25. The molecule has 0 atom stereocenters. The highest BCUT2D eigenvalue weighted by molar-refractivity contribution is 5.86. The van der Waals surface area contributed by atoms with E-state index in [0.29, 0.717) is 4.68 Å². The molecule has 108 valence electrons. The Kier molecular flexibility index (Phi) is 4.18. The van der Waals surface area contributed by atoms with Crippen molar-refractivity contribution in [3.63, 3.8) is 0 Å². The maximum Gasteiger partial charge on any atom is 0.435 e. The zero-order valence-corrected chi connectivity index (χ0v) is 10.4. The van der Waals surface area contributed by atoms with Crippen LogP contribution in [-0.4, -0.2) is 36.8 Å². The molecule has 0 spiro atoms. The van der Waals surface area contributed by atoms with Crippen LogP contribution in [0.3, 0.4) is 0 Å². The minimum Gasteiger partial charge on any atom is -0.476 e. The standard InChI is InChI=1S/C10H14F3N3O3/c1-3-9(19,4-2)5-16-7(10(11,12)13)6(8(17)18)14-15-16/h19H,3-5H2,1-2H3,(H,17,18). The fraction of sp³-hybridized carbons (Fsp3) is 0.700. The first kappa shape index (κ1) is 15.4. The lowest BCUT2D eigenvalue weighted by Crippen LogP contribution is -2.35. The maximum atomic E-state index is 12.8. The molecule has 6 nitrogen and oxygen atoms in total. The van der Waals surface area contributed by atoms with Crippen molar-refractivity contribution in [3.8, 4) is 0 Å². The molecule has 2 N–H and O–H groups in total. The van der Waals surface area contributed by atoms with E-state index in [9.17, 15) is 23.1 Å². The van der Waals surface area contributed by atoms with Gasteiger partial charge in [0.25, 0.3) is 0 Å². The Labute approximate surface area is 106 Å². The number of aromatic nitrogens is 3. The Morgan fingerprint density at radius 3 is 2.21 bits per heavy atom. The molecule has 0 aliphatic carbocycles. The van der Waals surface area contributed by atoms with Crippen molar-refractivity contribution in [3.05, 3.63) is 11.4 Å². The summed E-state index contributed by atoms with van der Waals surface area (Å²) in [4.78, 5) is 10.7. The molecule has 1 rings (SSSR count). The highest BCUT2D eigenvalue weighted by atomic mass is 19.4. The van der Waals surface area contributed by atoms with Crippen molar-refractivity contribution in [2.75, 3.05) is 0 Å². The van der Waals surface area contributed by atoms with Crippen LogP contribution in [0.5, 0.6) is 0 Å². The number of rotatable bonds is 5. The molecule has 0 aromatic carbocycles. The first-order valence-electron chi connectivity index (χ1n) is 5.61. The number of halogens is 3. The van der Waals surface area contributed by atoms with Gasteiger partial charge in [-0.15, -0.1) is 5.10 Å². The van der Waals surface area contributed by atoms with Crippen LogP contribution in [0.2, 0.25) is 0 Å². The Hall–Kier alpha value is -1.64. The Morgan fingerprint density at radius 1 is 1.32 bits per heavy atom. The van der Waals surface area contributed by atoms with E-state index in [-0.39, 0.29) is 12.8 Å². The van der Waals surface area contributed by atoms with Crippen LogP contribution in [0.1, 0.15) is 42.9 Å². The number of nitrogens with zero attached hydrogens (tertiary/aromatic N) is 3. The number of aromatic carboxylic acids is 1. The summed E-state index contributed by atoms with van der Waals surface area (Å²) >= 11 is 0. The van der Waals surface area contributed by atoms with Crippen LogP contribution in [0.25, 0.3) is 0 Å². The highest BCUT2D eigenvalue weighted by Gasteiger charge is 2.42. The van der Waals surface area contributed by atoms with Gasteiger partial charge >= 0.3 is 12.1 Å². The molecule has 9 heteroatoms. The summed E-state index contributed by atoms with van der Waals surface area (Å²) in [7, 11) is 0. The number of carboxylic acids is 1. The maximum absolute atomic E-state index is 12.8. The number of aliphatic hydroxyl groups is 1. The van der Waals surface area contributed by atoms with E-state index >= 15 is 0 Å². The normalized spacial score (nSPS) is 12.7. The molecule has 0 bridgehead atoms. The fourth-order valence-electron chi connectivity index (χ4n) is 1.60. The molecule has 0 aliphatic heterocycles. The van der Waals surface area contributed by atoms with E-state index in [1.54, 1.807) is 13.8 Å². The van der Waals surface area contributed by atoms with E-state index in [1.807, 2.05) is 0 Å². The second-order valence-electron chi connectivity index (χ2n) is 4.18. The lowest BCUT2D eigenvalue weighted by atomic mass is 9.97. The molecule has 1 heterocycles. The number of hydrogen-bond acceptors (Lipinski definition) is 4. The summed E-state index contributed by atoms with van der Waals surface area (Å²) in [6.45, 7) is 2.77. The molecule has 0 unspecified atom stereocenters. The zero-order chi connectivity index (χ0) is 14.8. The lowest BCUT2D eigenvalue weighted by molar-refractivity contribution is -0.146. The van der Waals surface area contributed by atoms with Gasteiger partial charge in [0, 0.05) is 0 Å². The Balaban J connectivity index is 3.26. The van der Waals surface area contributed by atoms with E-state index in [1.165, 1.54) is 0 Å². The van der Waals surface area contributed by atoms with Gasteiger partial charge in [-0.1, -0.05) is 19.1 Å². The molecule has 0 aliphatic rings. The first-order chi connectivity index (χ1) is 8.64. The molecular weight excluding hydrogens is 267 g/mol. The van der Waals surface area contributed by atoms with E-state index in [4.69, 9.17) is 5.11 Å². The van der Waals surface area contributed by atoms with Crippen molar-refractivity contribution in [2.24, 2.45) is 0 Å². The quantitative estimate of drug-likeness (QED) is 0.854. The number of carboxylic acid groups (broad SMARTS) is 1. The Bertz CT molecular complexity index is 466. The predicted molar refractivity (Wildman–Crippen MR) is 57.5 cm³/mol. The van der Waals surface area contributed by atoms with Gasteiger partial charge in [-0.2, -0.15) is 13.2 Å². The average molecular weight is 281 g/mol. The summed E-state index contributed by atoms with van der Waals surface area (Å²) < 4.78 is 38.9. The van der Waals surface area contributed by atoms with E-state index in [2.05, 4.69) is 10.3 Å². The van der Waals surface area contributed by atoms with Crippen molar-refractivity contribution in [1.29, 1.82) is 0 Å². The van der Waals surface area contributed by atoms with E-state index < -0.39 is 35.7 Å². The predicted octanol–water partition coefficient (Wildman–Crippen LogP) is 1.55. The largest absolute Gasteiger partial charge is 0.476 e. The van der Waals surface area contributed by atoms with Crippen LogP contribution in [0.4, 0.5) is 13.2 Å². The second kappa shape index (κ2) is 5.16. The van der Waals surface area contributed by atoms with Gasteiger partial charge in [-0.3, -0.25) is 0 Å². The smallest absolute Gasteiger partial charge is 0.435 e. The fourth-order valence-corrected chi connectivity index (χ4v) is 1.60. The number of carbonyl (C=O) groups is 1. The molecular formula is C10H14F3N3O3. The van der Waals surface area contributed by atoms with Crippen LogP contribution < -0.4 is 0 Å². The second-order valence-corrected chi connectivity index (χ2v) is 4.18. The van der Waals surface area contributed by atoms with Crippen LogP contribution in [-0.2, 0) is 12.7 Å². The monoisotopic (exact) mass is 281 g/mol. The summed E-state index contributed by atoms with van der Waals surface area (Å²) in [6, 6.07) is 0. The van der Waals surface area contributed by atoms with Crippen LogP contribution in [0, 0.1) is 0 Å². The molecule has 0 saturated carbocycles.